The Labute approximate surface area is 95.7 Å². The van der Waals surface area contributed by atoms with Crippen molar-refractivity contribution < 1.29 is 19.1 Å². The highest BCUT2D eigenvalue weighted by Gasteiger charge is 2.16. The maximum atomic E-state index is 11.6. The van der Waals surface area contributed by atoms with Gasteiger partial charge in [0.05, 0.1) is 13.7 Å². The second kappa shape index (κ2) is 9.11. The van der Waals surface area contributed by atoms with Crippen LogP contribution >= 0.6 is 0 Å². The van der Waals surface area contributed by atoms with Gasteiger partial charge in [-0.1, -0.05) is 6.92 Å². The zero-order valence-electron chi connectivity index (χ0n) is 9.90. The van der Waals surface area contributed by atoms with E-state index in [-0.39, 0.29) is 19.1 Å². The molecule has 0 unspecified atom stereocenters. The van der Waals surface area contributed by atoms with Gasteiger partial charge in [-0.05, 0) is 6.42 Å². The third-order valence-electron chi connectivity index (χ3n) is 1.88. The summed E-state index contributed by atoms with van der Waals surface area (Å²) in [5.74, 6) is -0.652. The SMILES string of the molecule is CCCN(CC(=O)OC)C(=O)COCCN. The van der Waals surface area contributed by atoms with E-state index < -0.39 is 5.97 Å². The van der Waals surface area contributed by atoms with Gasteiger partial charge in [0.2, 0.25) is 5.91 Å². The third-order valence-corrected chi connectivity index (χ3v) is 1.88. The number of carbonyl (C=O) groups is 2. The number of carbonyl (C=O) groups excluding carboxylic acids is 2. The summed E-state index contributed by atoms with van der Waals surface area (Å²) >= 11 is 0. The summed E-state index contributed by atoms with van der Waals surface area (Å²) in [5.41, 5.74) is 5.23. The van der Waals surface area contributed by atoms with Gasteiger partial charge in [0.1, 0.15) is 13.2 Å². The van der Waals surface area contributed by atoms with Crippen LogP contribution in [-0.4, -0.2) is 56.7 Å². The normalized spacial score (nSPS) is 9.94. The largest absolute Gasteiger partial charge is 0.468 e. The summed E-state index contributed by atoms with van der Waals surface area (Å²) < 4.78 is 9.53. The van der Waals surface area contributed by atoms with E-state index in [0.29, 0.717) is 19.7 Å². The van der Waals surface area contributed by atoms with Crippen LogP contribution in [0.5, 0.6) is 0 Å². The van der Waals surface area contributed by atoms with E-state index in [1.54, 1.807) is 0 Å². The Morgan fingerprint density at radius 1 is 1.38 bits per heavy atom. The summed E-state index contributed by atoms with van der Waals surface area (Å²) in [5, 5.41) is 0. The van der Waals surface area contributed by atoms with Crippen molar-refractivity contribution in [1.82, 2.24) is 4.90 Å². The van der Waals surface area contributed by atoms with E-state index in [1.807, 2.05) is 6.92 Å². The molecule has 0 aliphatic heterocycles. The first-order valence-corrected chi connectivity index (χ1v) is 5.28. The summed E-state index contributed by atoms with van der Waals surface area (Å²) in [6.07, 6.45) is 0.777. The van der Waals surface area contributed by atoms with Crippen molar-refractivity contribution in [2.24, 2.45) is 5.73 Å². The van der Waals surface area contributed by atoms with Crippen molar-refractivity contribution in [3.05, 3.63) is 0 Å². The average Bonchev–Trinajstić information content (AvgIpc) is 2.28. The lowest BCUT2D eigenvalue weighted by atomic mass is 10.4. The minimum absolute atomic E-state index is 0.0326. The van der Waals surface area contributed by atoms with Crippen LogP contribution in [-0.2, 0) is 19.1 Å². The summed E-state index contributed by atoms with van der Waals surface area (Å²) in [6.45, 7) is 3.07. The number of ether oxygens (including phenoxy) is 2. The summed E-state index contributed by atoms with van der Waals surface area (Å²) in [7, 11) is 1.29. The zero-order valence-corrected chi connectivity index (χ0v) is 9.90. The van der Waals surface area contributed by atoms with Crippen LogP contribution in [0.4, 0.5) is 0 Å². The first kappa shape index (κ1) is 14.9. The van der Waals surface area contributed by atoms with Gasteiger partial charge in [0, 0.05) is 13.1 Å². The van der Waals surface area contributed by atoms with E-state index in [1.165, 1.54) is 12.0 Å². The Morgan fingerprint density at radius 3 is 2.56 bits per heavy atom. The van der Waals surface area contributed by atoms with Gasteiger partial charge in [-0.15, -0.1) is 0 Å². The van der Waals surface area contributed by atoms with Gasteiger partial charge in [-0.2, -0.15) is 0 Å². The number of hydrogen-bond acceptors (Lipinski definition) is 5. The Balaban J connectivity index is 4.07. The first-order valence-electron chi connectivity index (χ1n) is 5.28. The molecule has 1 amide bonds. The molecular formula is C10H20N2O4. The standard InChI is InChI=1S/C10H20N2O4/c1-3-5-12(7-10(14)15-2)9(13)8-16-6-4-11/h3-8,11H2,1-2H3. The van der Waals surface area contributed by atoms with Gasteiger partial charge in [0.25, 0.3) is 0 Å². The quantitative estimate of drug-likeness (QED) is 0.445. The molecule has 0 rings (SSSR count). The molecule has 0 saturated heterocycles. The fourth-order valence-corrected chi connectivity index (χ4v) is 1.12. The minimum Gasteiger partial charge on any atom is -0.468 e. The van der Waals surface area contributed by atoms with Crippen molar-refractivity contribution in [2.75, 3.05) is 40.0 Å². The molecule has 16 heavy (non-hydrogen) atoms. The van der Waals surface area contributed by atoms with Crippen LogP contribution < -0.4 is 5.73 Å². The number of hydrogen-bond donors (Lipinski definition) is 1. The fraction of sp³-hybridized carbons (Fsp3) is 0.800. The number of nitrogens with zero attached hydrogens (tertiary/aromatic N) is 1. The van der Waals surface area contributed by atoms with E-state index >= 15 is 0 Å². The molecule has 0 fully saturated rings. The predicted molar refractivity (Wildman–Crippen MR) is 58.8 cm³/mol. The van der Waals surface area contributed by atoms with Crippen molar-refractivity contribution in [3.63, 3.8) is 0 Å². The summed E-state index contributed by atoms with van der Waals surface area (Å²) in [4.78, 5) is 24.1. The van der Waals surface area contributed by atoms with E-state index in [2.05, 4.69) is 4.74 Å². The van der Waals surface area contributed by atoms with Crippen LogP contribution in [0, 0.1) is 0 Å². The Hall–Kier alpha value is -1.14. The lowest BCUT2D eigenvalue weighted by Gasteiger charge is -2.20. The molecule has 0 radical (unpaired) electrons. The highest BCUT2D eigenvalue weighted by Crippen LogP contribution is 1.95. The maximum Gasteiger partial charge on any atom is 0.325 e. The molecule has 0 aromatic rings. The molecule has 0 aliphatic carbocycles. The zero-order chi connectivity index (χ0) is 12.4. The van der Waals surface area contributed by atoms with Gasteiger partial charge < -0.3 is 20.1 Å². The lowest BCUT2D eigenvalue weighted by molar-refractivity contribution is -0.148. The summed E-state index contributed by atoms with van der Waals surface area (Å²) in [6, 6.07) is 0. The van der Waals surface area contributed by atoms with Crippen molar-refractivity contribution in [3.8, 4) is 0 Å². The molecule has 0 aliphatic rings. The van der Waals surface area contributed by atoms with Gasteiger partial charge in [0.15, 0.2) is 0 Å². The van der Waals surface area contributed by atoms with Crippen molar-refractivity contribution in [1.29, 1.82) is 0 Å². The predicted octanol–water partition coefficient (Wildman–Crippen LogP) is -0.627. The molecule has 0 atom stereocenters. The third kappa shape index (κ3) is 6.36. The Bertz CT molecular complexity index is 221. The highest BCUT2D eigenvalue weighted by molar-refractivity contribution is 5.82. The molecule has 6 heteroatoms. The average molecular weight is 232 g/mol. The van der Waals surface area contributed by atoms with Crippen LogP contribution in [0.1, 0.15) is 13.3 Å². The molecule has 0 spiro atoms. The molecular weight excluding hydrogens is 212 g/mol. The maximum absolute atomic E-state index is 11.6. The second-order valence-corrected chi connectivity index (χ2v) is 3.23. The molecule has 0 saturated carbocycles. The van der Waals surface area contributed by atoms with E-state index in [0.717, 1.165) is 6.42 Å². The molecule has 6 nitrogen and oxygen atoms in total. The van der Waals surface area contributed by atoms with Crippen molar-refractivity contribution >= 4 is 11.9 Å². The van der Waals surface area contributed by atoms with Crippen LogP contribution in [0.3, 0.4) is 0 Å². The lowest BCUT2D eigenvalue weighted by Crippen LogP contribution is -2.39. The number of methoxy groups -OCH3 is 1. The molecule has 0 aromatic heterocycles. The second-order valence-electron chi connectivity index (χ2n) is 3.23. The molecule has 2 N–H and O–H groups in total. The van der Waals surface area contributed by atoms with Crippen LogP contribution in [0.2, 0.25) is 0 Å². The van der Waals surface area contributed by atoms with E-state index in [9.17, 15) is 9.59 Å². The Morgan fingerprint density at radius 2 is 2.06 bits per heavy atom. The number of rotatable bonds is 8. The first-order chi connectivity index (χ1) is 7.65. The highest BCUT2D eigenvalue weighted by atomic mass is 16.5. The minimum atomic E-state index is -0.430. The molecule has 94 valence electrons. The molecule has 0 aromatic carbocycles. The number of amides is 1. The smallest absolute Gasteiger partial charge is 0.325 e. The van der Waals surface area contributed by atoms with Gasteiger partial charge >= 0.3 is 5.97 Å². The number of esters is 1. The van der Waals surface area contributed by atoms with Crippen LogP contribution in [0.15, 0.2) is 0 Å². The molecule has 0 bridgehead atoms. The monoisotopic (exact) mass is 232 g/mol. The van der Waals surface area contributed by atoms with Gasteiger partial charge in [-0.3, -0.25) is 9.59 Å². The molecule has 0 heterocycles. The van der Waals surface area contributed by atoms with E-state index in [4.69, 9.17) is 10.5 Å². The van der Waals surface area contributed by atoms with Crippen molar-refractivity contribution in [2.45, 2.75) is 13.3 Å². The fourth-order valence-electron chi connectivity index (χ4n) is 1.12. The van der Waals surface area contributed by atoms with Gasteiger partial charge in [-0.25, -0.2) is 0 Å². The topological polar surface area (TPSA) is 81.9 Å². The Kier molecular flexibility index (Phi) is 8.46. The van der Waals surface area contributed by atoms with Crippen LogP contribution in [0.25, 0.3) is 0 Å². The number of nitrogens with two attached hydrogens (primary N) is 1.